The molecule has 0 aliphatic carbocycles. The molecular formula is C10H11N3O3S. The van der Waals surface area contributed by atoms with E-state index in [1.54, 1.807) is 14.0 Å². The Labute approximate surface area is 101 Å². The molecule has 1 amide bonds. The molecule has 0 atom stereocenters. The number of aryl methyl sites for hydroxylation is 2. The molecule has 1 N–H and O–H groups in total. The molecule has 2 aromatic rings. The van der Waals surface area contributed by atoms with Crippen molar-refractivity contribution in [2.24, 2.45) is 7.05 Å². The molecule has 0 aromatic carbocycles. The van der Waals surface area contributed by atoms with E-state index in [0.29, 0.717) is 20.7 Å². The van der Waals surface area contributed by atoms with Gasteiger partial charge in [-0.05, 0) is 12.5 Å². The fraction of sp³-hybridized carbons (Fsp3) is 0.300. The van der Waals surface area contributed by atoms with Crippen molar-refractivity contribution < 1.29 is 9.63 Å². The molecule has 0 fully saturated rings. The molecule has 7 heteroatoms. The van der Waals surface area contributed by atoms with Gasteiger partial charge in [0, 0.05) is 7.05 Å². The zero-order chi connectivity index (χ0) is 12.6. The summed E-state index contributed by atoms with van der Waals surface area (Å²) in [6.45, 7) is 1.73. The first-order valence-corrected chi connectivity index (χ1v) is 5.66. The zero-order valence-corrected chi connectivity index (χ0v) is 10.4. The van der Waals surface area contributed by atoms with E-state index in [2.05, 4.69) is 15.3 Å². The van der Waals surface area contributed by atoms with Gasteiger partial charge in [-0.1, -0.05) is 0 Å². The molecule has 0 saturated carbocycles. The number of hydrogen-bond donors (Lipinski definition) is 1. The maximum absolute atomic E-state index is 11.9. The smallest absolute Gasteiger partial charge is 0.285 e. The molecule has 0 aliphatic rings. The van der Waals surface area contributed by atoms with E-state index < -0.39 is 0 Å². The van der Waals surface area contributed by atoms with Gasteiger partial charge >= 0.3 is 0 Å². The number of nitrogens with one attached hydrogen (secondary N) is 1. The van der Waals surface area contributed by atoms with Crippen LogP contribution in [0.5, 0.6) is 0 Å². The first-order valence-electron chi connectivity index (χ1n) is 4.84. The van der Waals surface area contributed by atoms with Crippen molar-refractivity contribution in [3.05, 3.63) is 27.1 Å². The monoisotopic (exact) mass is 253 g/mol. The van der Waals surface area contributed by atoms with Crippen LogP contribution in [0.15, 0.2) is 11.1 Å². The van der Waals surface area contributed by atoms with Gasteiger partial charge in [0.2, 0.25) is 0 Å². The lowest BCUT2D eigenvalue weighted by Crippen LogP contribution is -2.21. The molecule has 6 nitrogen and oxygen atoms in total. The van der Waals surface area contributed by atoms with Gasteiger partial charge in [0.15, 0.2) is 0 Å². The molecule has 0 bridgehead atoms. The third kappa shape index (κ3) is 1.83. The van der Waals surface area contributed by atoms with Crippen LogP contribution < -0.4 is 11.0 Å². The summed E-state index contributed by atoms with van der Waals surface area (Å²) in [7, 11) is 2.98. The Morgan fingerprint density at radius 3 is 2.94 bits per heavy atom. The first kappa shape index (κ1) is 11.7. The van der Waals surface area contributed by atoms with Crippen LogP contribution in [0.3, 0.4) is 0 Å². The van der Waals surface area contributed by atoms with Crippen LogP contribution in [-0.4, -0.2) is 22.6 Å². The number of amides is 1. The number of carbonyl (C=O) groups is 1. The number of rotatable bonds is 2. The molecular weight excluding hydrogens is 242 g/mol. The Morgan fingerprint density at radius 1 is 1.59 bits per heavy atom. The molecule has 0 spiro atoms. The van der Waals surface area contributed by atoms with Gasteiger partial charge in [-0.25, -0.2) is 10.5 Å². The minimum atomic E-state index is -0.366. The number of hydroxylamine groups is 1. The van der Waals surface area contributed by atoms with E-state index in [4.69, 9.17) is 0 Å². The average Bonchev–Trinajstić information content (AvgIpc) is 2.62. The maximum atomic E-state index is 11.9. The third-order valence-electron chi connectivity index (χ3n) is 2.41. The zero-order valence-electron chi connectivity index (χ0n) is 9.60. The van der Waals surface area contributed by atoms with E-state index in [-0.39, 0.29) is 11.5 Å². The number of thiophene rings is 1. The third-order valence-corrected chi connectivity index (χ3v) is 3.61. The summed E-state index contributed by atoms with van der Waals surface area (Å²) in [5.74, 6) is -0.366. The molecule has 17 heavy (non-hydrogen) atoms. The molecule has 90 valence electrons. The van der Waals surface area contributed by atoms with Crippen LogP contribution in [0.2, 0.25) is 0 Å². The van der Waals surface area contributed by atoms with Crippen LogP contribution in [0.4, 0.5) is 0 Å². The average molecular weight is 253 g/mol. The van der Waals surface area contributed by atoms with E-state index in [0.717, 1.165) is 0 Å². The summed E-state index contributed by atoms with van der Waals surface area (Å²) in [6.07, 6.45) is 1.44. The number of nitrogens with zero attached hydrogens (tertiary/aromatic N) is 2. The SMILES string of the molecule is CONC(=O)c1sc2ncn(C)c(=O)c2c1C. The highest BCUT2D eigenvalue weighted by molar-refractivity contribution is 7.20. The largest absolute Gasteiger partial charge is 0.302 e. The van der Waals surface area contributed by atoms with Crippen molar-refractivity contribution in [3.8, 4) is 0 Å². The summed E-state index contributed by atoms with van der Waals surface area (Å²) in [5.41, 5.74) is 2.71. The van der Waals surface area contributed by atoms with E-state index in [1.165, 1.54) is 29.3 Å². The van der Waals surface area contributed by atoms with Crippen molar-refractivity contribution in [1.29, 1.82) is 0 Å². The normalized spacial score (nSPS) is 10.8. The lowest BCUT2D eigenvalue weighted by molar-refractivity contribution is 0.0541. The molecule has 2 rings (SSSR count). The lowest BCUT2D eigenvalue weighted by Gasteiger charge is -1.99. The first-order chi connectivity index (χ1) is 8.06. The molecule has 2 aromatic heterocycles. The van der Waals surface area contributed by atoms with Gasteiger partial charge in [0.05, 0.1) is 23.7 Å². The predicted molar refractivity (Wildman–Crippen MR) is 64.1 cm³/mol. The second-order valence-electron chi connectivity index (χ2n) is 3.53. The van der Waals surface area contributed by atoms with Gasteiger partial charge in [-0.2, -0.15) is 0 Å². The van der Waals surface area contributed by atoms with Crippen LogP contribution >= 0.6 is 11.3 Å². The van der Waals surface area contributed by atoms with Crippen molar-refractivity contribution >= 4 is 27.5 Å². The molecule has 0 saturated heterocycles. The van der Waals surface area contributed by atoms with Crippen LogP contribution in [0, 0.1) is 6.92 Å². The van der Waals surface area contributed by atoms with Gasteiger partial charge in [0.25, 0.3) is 11.5 Å². The standard InChI is InChI=1S/C10H11N3O3S/c1-5-6-9(11-4-13(2)10(6)15)17-7(5)8(14)12-16-3/h4H,1-3H3,(H,12,14). The number of carbonyl (C=O) groups excluding carboxylic acids is 1. The Hall–Kier alpha value is -1.73. The van der Waals surface area contributed by atoms with Crippen LogP contribution in [-0.2, 0) is 11.9 Å². The van der Waals surface area contributed by atoms with Gasteiger partial charge in [-0.15, -0.1) is 11.3 Å². The molecule has 0 unspecified atom stereocenters. The van der Waals surface area contributed by atoms with E-state index in [1.807, 2.05) is 0 Å². The summed E-state index contributed by atoms with van der Waals surface area (Å²) >= 11 is 1.18. The van der Waals surface area contributed by atoms with Crippen molar-refractivity contribution in [2.45, 2.75) is 6.92 Å². The van der Waals surface area contributed by atoms with Crippen molar-refractivity contribution in [1.82, 2.24) is 15.0 Å². The minimum Gasteiger partial charge on any atom is -0.302 e. The number of fused-ring (bicyclic) bond motifs is 1. The summed E-state index contributed by atoms with van der Waals surface area (Å²) in [6, 6.07) is 0. The van der Waals surface area contributed by atoms with Gasteiger partial charge in [-0.3, -0.25) is 14.4 Å². The van der Waals surface area contributed by atoms with E-state index in [9.17, 15) is 9.59 Å². The fourth-order valence-electron chi connectivity index (χ4n) is 1.56. The van der Waals surface area contributed by atoms with E-state index >= 15 is 0 Å². The lowest BCUT2D eigenvalue weighted by atomic mass is 10.2. The predicted octanol–water partition coefficient (Wildman–Crippen LogP) is 0.595. The summed E-state index contributed by atoms with van der Waals surface area (Å²) < 4.78 is 1.39. The number of aromatic nitrogens is 2. The maximum Gasteiger partial charge on any atom is 0.285 e. The molecule has 2 heterocycles. The van der Waals surface area contributed by atoms with Crippen LogP contribution in [0.25, 0.3) is 10.2 Å². The van der Waals surface area contributed by atoms with Gasteiger partial charge < -0.3 is 4.57 Å². The highest BCUT2D eigenvalue weighted by atomic mass is 32.1. The van der Waals surface area contributed by atoms with Gasteiger partial charge in [0.1, 0.15) is 4.83 Å². The van der Waals surface area contributed by atoms with Crippen molar-refractivity contribution in [3.63, 3.8) is 0 Å². The Bertz CT molecular complexity index is 644. The Kier molecular flexibility index (Phi) is 2.95. The van der Waals surface area contributed by atoms with Crippen molar-refractivity contribution in [2.75, 3.05) is 7.11 Å². The summed E-state index contributed by atoms with van der Waals surface area (Å²) in [5, 5.41) is 0.487. The fourth-order valence-corrected chi connectivity index (χ4v) is 2.59. The topological polar surface area (TPSA) is 73.2 Å². The number of hydrogen-bond acceptors (Lipinski definition) is 5. The minimum absolute atomic E-state index is 0.153. The molecule has 0 aliphatic heterocycles. The highest BCUT2D eigenvalue weighted by Gasteiger charge is 2.18. The quantitative estimate of drug-likeness (QED) is 0.795. The highest BCUT2D eigenvalue weighted by Crippen LogP contribution is 2.26. The van der Waals surface area contributed by atoms with Crippen LogP contribution in [0.1, 0.15) is 15.2 Å². The Morgan fingerprint density at radius 2 is 2.29 bits per heavy atom. The molecule has 0 radical (unpaired) electrons. The second kappa shape index (κ2) is 4.27. The second-order valence-corrected chi connectivity index (χ2v) is 4.53. The Balaban J connectivity index is 2.70. The summed E-state index contributed by atoms with van der Waals surface area (Å²) in [4.78, 5) is 33.3.